The van der Waals surface area contributed by atoms with Crippen LogP contribution in [0.1, 0.15) is 19.0 Å². The summed E-state index contributed by atoms with van der Waals surface area (Å²) in [6, 6.07) is 0. The van der Waals surface area contributed by atoms with Crippen LogP contribution >= 0.6 is 12.2 Å². The summed E-state index contributed by atoms with van der Waals surface area (Å²) in [4.78, 5) is 4.04. The minimum atomic E-state index is 0.614. The molecule has 0 aliphatic rings. The SMILES string of the molecule is CCCn1c(-c2ocnc2C)n[nH]c1=S. The molecule has 0 fully saturated rings. The van der Waals surface area contributed by atoms with E-state index in [2.05, 4.69) is 22.1 Å². The van der Waals surface area contributed by atoms with Gasteiger partial charge < -0.3 is 4.42 Å². The van der Waals surface area contributed by atoms with Crippen molar-refractivity contribution in [2.24, 2.45) is 0 Å². The average Bonchev–Trinajstić information content (AvgIpc) is 2.76. The predicted molar refractivity (Wildman–Crippen MR) is 57.9 cm³/mol. The number of aromatic amines is 1. The molecule has 0 bridgehead atoms. The molecule has 5 nitrogen and oxygen atoms in total. The average molecular weight is 224 g/mol. The molecule has 2 aromatic rings. The molecule has 6 heteroatoms. The van der Waals surface area contributed by atoms with E-state index < -0.39 is 0 Å². The van der Waals surface area contributed by atoms with Crippen molar-refractivity contribution >= 4 is 12.2 Å². The Morgan fingerprint density at radius 1 is 1.60 bits per heavy atom. The van der Waals surface area contributed by atoms with E-state index in [1.54, 1.807) is 0 Å². The van der Waals surface area contributed by atoms with Crippen molar-refractivity contribution in [3.05, 3.63) is 16.9 Å². The first-order chi connectivity index (χ1) is 7.24. The summed E-state index contributed by atoms with van der Waals surface area (Å²) in [6.45, 7) is 4.80. The van der Waals surface area contributed by atoms with Gasteiger partial charge in [0.25, 0.3) is 0 Å². The lowest BCUT2D eigenvalue weighted by atomic mass is 10.3. The molecule has 2 aromatic heterocycles. The zero-order valence-corrected chi connectivity index (χ0v) is 9.47. The molecule has 0 saturated carbocycles. The van der Waals surface area contributed by atoms with Crippen molar-refractivity contribution in [3.8, 4) is 11.6 Å². The Hall–Kier alpha value is -1.43. The summed E-state index contributed by atoms with van der Waals surface area (Å²) in [7, 11) is 0. The second kappa shape index (κ2) is 3.98. The summed E-state index contributed by atoms with van der Waals surface area (Å²) in [5.41, 5.74) is 0.821. The molecule has 0 aliphatic heterocycles. The molecule has 0 atom stereocenters. The fraction of sp³-hybridized carbons (Fsp3) is 0.444. The normalized spacial score (nSPS) is 10.8. The lowest BCUT2D eigenvalue weighted by Crippen LogP contribution is -2.00. The predicted octanol–water partition coefficient (Wildman–Crippen LogP) is 2.31. The van der Waals surface area contributed by atoms with E-state index in [0.29, 0.717) is 10.5 Å². The largest absolute Gasteiger partial charge is 0.440 e. The zero-order valence-electron chi connectivity index (χ0n) is 8.65. The molecule has 0 aliphatic carbocycles. The molecule has 1 N–H and O–H groups in total. The van der Waals surface area contributed by atoms with E-state index in [-0.39, 0.29) is 0 Å². The summed E-state index contributed by atoms with van der Waals surface area (Å²) < 4.78 is 7.82. The third kappa shape index (κ3) is 1.72. The monoisotopic (exact) mass is 224 g/mol. The van der Waals surface area contributed by atoms with Gasteiger partial charge in [0, 0.05) is 6.54 Å². The Labute approximate surface area is 92.1 Å². The van der Waals surface area contributed by atoms with Gasteiger partial charge in [-0.3, -0.25) is 9.67 Å². The van der Waals surface area contributed by atoms with Crippen LogP contribution in [-0.4, -0.2) is 19.7 Å². The molecule has 2 heterocycles. The Balaban J connectivity index is 2.54. The lowest BCUT2D eigenvalue weighted by molar-refractivity contribution is 0.557. The van der Waals surface area contributed by atoms with E-state index in [0.717, 1.165) is 24.5 Å². The molecule has 0 amide bonds. The fourth-order valence-corrected chi connectivity index (χ4v) is 1.66. The number of aryl methyl sites for hydroxylation is 1. The van der Waals surface area contributed by atoms with Crippen LogP contribution in [0.15, 0.2) is 10.8 Å². The molecule has 0 aromatic carbocycles. The van der Waals surface area contributed by atoms with E-state index in [1.165, 1.54) is 6.39 Å². The highest BCUT2D eigenvalue weighted by Gasteiger charge is 2.14. The molecule has 80 valence electrons. The molecular weight excluding hydrogens is 212 g/mol. The third-order valence-electron chi connectivity index (χ3n) is 2.15. The highest BCUT2D eigenvalue weighted by molar-refractivity contribution is 7.71. The molecule has 0 spiro atoms. The Morgan fingerprint density at radius 2 is 2.40 bits per heavy atom. The molecule has 0 saturated heterocycles. The minimum absolute atomic E-state index is 0.614. The third-order valence-corrected chi connectivity index (χ3v) is 2.47. The van der Waals surface area contributed by atoms with Crippen LogP contribution in [0.3, 0.4) is 0 Å². The van der Waals surface area contributed by atoms with Gasteiger partial charge in [-0.2, -0.15) is 5.10 Å². The van der Waals surface area contributed by atoms with Crippen molar-refractivity contribution in [1.82, 2.24) is 19.7 Å². The van der Waals surface area contributed by atoms with Crippen LogP contribution in [0.2, 0.25) is 0 Å². The maximum atomic E-state index is 5.29. The lowest BCUT2D eigenvalue weighted by Gasteiger charge is -2.02. The van der Waals surface area contributed by atoms with Crippen LogP contribution < -0.4 is 0 Å². The number of nitrogens with one attached hydrogen (secondary N) is 1. The van der Waals surface area contributed by atoms with Crippen molar-refractivity contribution in [1.29, 1.82) is 0 Å². The molecule has 2 rings (SSSR count). The Morgan fingerprint density at radius 3 is 3.00 bits per heavy atom. The van der Waals surface area contributed by atoms with E-state index >= 15 is 0 Å². The van der Waals surface area contributed by atoms with Crippen LogP contribution in [0.25, 0.3) is 11.6 Å². The van der Waals surface area contributed by atoms with E-state index in [4.69, 9.17) is 16.6 Å². The number of H-pyrrole nitrogens is 1. The first-order valence-electron chi connectivity index (χ1n) is 4.79. The van der Waals surface area contributed by atoms with Gasteiger partial charge in [-0.15, -0.1) is 0 Å². The van der Waals surface area contributed by atoms with Gasteiger partial charge in [-0.1, -0.05) is 6.92 Å². The quantitative estimate of drug-likeness (QED) is 0.813. The van der Waals surface area contributed by atoms with Crippen LogP contribution in [0.4, 0.5) is 0 Å². The van der Waals surface area contributed by atoms with Crippen molar-refractivity contribution in [2.75, 3.05) is 0 Å². The molecule has 0 unspecified atom stereocenters. The second-order valence-electron chi connectivity index (χ2n) is 3.27. The van der Waals surface area contributed by atoms with Crippen LogP contribution in [0, 0.1) is 11.7 Å². The summed E-state index contributed by atoms with van der Waals surface area (Å²) in [5, 5.41) is 6.92. The minimum Gasteiger partial charge on any atom is -0.440 e. The smallest absolute Gasteiger partial charge is 0.200 e. The number of oxazole rings is 1. The van der Waals surface area contributed by atoms with Crippen LogP contribution in [-0.2, 0) is 6.54 Å². The molecule has 0 radical (unpaired) electrons. The Bertz CT molecular complexity index is 510. The maximum absolute atomic E-state index is 5.29. The number of nitrogens with zero attached hydrogens (tertiary/aromatic N) is 3. The van der Waals surface area contributed by atoms with Gasteiger partial charge in [0.05, 0.1) is 5.69 Å². The molecule has 15 heavy (non-hydrogen) atoms. The number of hydrogen-bond donors (Lipinski definition) is 1. The summed E-state index contributed by atoms with van der Waals surface area (Å²) >= 11 is 5.14. The first-order valence-corrected chi connectivity index (χ1v) is 5.20. The number of hydrogen-bond acceptors (Lipinski definition) is 4. The van der Waals surface area contributed by atoms with Crippen molar-refractivity contribution < 1.29 is 4.42 Å². The van der Waals surface area contributed by atoms with Gasteiger partial charge >= 0.3 is 0 Å². The Kier molecular flexibility index (Phi) is 2.68. The van der Waals surface area contributed by atoms with Gasteiger partial charge in [-0.25, -0.2) is 4.98 Å². The maximum Gasteiger partial charge on any atom is 0.200 e. The zero-order chi connectivity index (χ0) is 10.8. The standard InChI is InChI=1S/C9H12N4OS/c1-3-4-13-8(11-12-9(13)15)7-6(2)10-5-14-7/h5H,3-4H2,1-2H3,(H,12,15). The van der Waals surface area contributed by atoms with Crippen molar-refractivity contribution in [2.45, 2.75) is 26.8 Å². The van der Waals surface area contributed by atoms with E-state index in [9.17, 15) is 0 Å². The van der Waals surface area contributed by atoms with Gasteiger partial charge in [0.2, 0.25) is 0 Å². The molecular formula is C9H12N4OS. The number of rotatable bonds is 3. The van der Waals surface area contributed by atoms with Crippen molar-refractivity contribution in [3.63, 3.8) is 0 Å². The first kappa shape index (κ1) is 10.1. The second-order valence-corrected chi connectivity index (χ2v) is 3.66. The van der Waals surface area contributed by atoms with Gasteiger partial charge in [0.1, 0.15) is 0 Å². The number of aromatic nitrogens is 4. The van der Waals surface area contributed by atoms with Gasteiger partial charge in [-0.05, 0) is 25.6 Å². The fourth-order valence-electron chi connectivity index (χ4n) is 1.44. The van der Waals surface area contributed by atoms with Crippen LogP contribution in [0.5, 0.6) is 0 Å². The highest BCUT2D eigenvalue weighted by Crippen LogP contribution is 2.20. The highest BCUT2D eigenvalue weighted by atomic mass is 32.1. The van der Waals surface area contributed by atoms with Gasteiger partial charge in [0.15, 0.2) is 22.7 Å². The topological polar surface area (TPSA) is 59.6 Å². The summed E-state index contributed by atoms with van der Waals surface area (Å²) in [5.74, 6) is 1.40. The van der Waals surface area contributed by atoms with E-state index in [1.807, 2.05) is 11.5 Å². The summed E-state index contributed by atoms with van der Waals surface area (Å²) in [6.07, 6.45) is 2.41.